The topological polar surface area (TPSA) is 113 Å². The predicted molar refractivity (Wildman–Crippen MR) is 55.1 cm³/mol. The van der Waals surface area contributed by atoms with Crippen LogP contribution in [0.15, 0.2) is 12.1 Å². The number of esters is 1. The Morgan fingerprint density at radius 2 is 2.29 bits per heavy atom. The number of carbonyl (C=O) groups is 1. The number of nitro benzene ring substituents is 1. The van der Waals surface area contributed by atoms with Crippen molar-refractivity contribution in [2.45, 2.75) is 6.61 Å². The van der Waals surface area contributed by atoms with Crippen LogP contribution in [-0.2, 0) is 11.3 Å². The fraction of sp³-hybridized carbons (Fsp3) is 0.200. The summed E-state index contributed by atoms with van der Waals surface area (Å²) in [6, 6.07) is 3.77. The highest BCUT2D eigenvalue weighted by Gasteiger charge is 2.21. The first-order chi connectivity index (χ1) is 8.04. The maximum Gasteiger partial charge on any atom is 0.338 e. The number of carbonyl (C=O) groups excluding carboxylic acids is 1. The predicted octanol–water partition coefficient (Wildman–Crippen LogP) is 0.745. The van der Waals surface area contributed by atoms with E-state index in [0.29, 0.717) is 0 Å². The minimum atomic E-state index is -0.788. The van der Waals surface area contributed by atoms with Gasteiger partial charge >= 0.3 is 5.97 Å². The Morgan fingerprint density at radius 1 is 1.65 bits per heavy atom. The first-order valence-electron chi connectivity index (χ1n) is 4.45. The summed E-state index contributed by atoms with van der Waals surface area (Å²) in [4.78, 5) is 21.2. The zero-order valence-corrected chi connectivity index (χ0v) is 8.84. The number of nitrogens with zero attached hydrogens (tertiary/aromatic N) is 2. The molecule has 0 aromatic heterocycles. The van der Waals surface area contributed by atoms with Crippen molar-refractivity contribution < 1.29 is 19.6 Å². The number of rotatable bonds is 3. The monoisotopic (exact) mass is 236 g/mol. The third-order valence-corrected chi connectivity index (χ3v) is 2.10. The Hall–Kier alpha value is -2.46. The molecule has 0 radical (unpaired) electrons. The second-order valence-electron chi connectivity index (χ2n) is 3.05. The fourth-order valence-electron chi connectivity index (χ4n) is 1.32. The standard InChI is InChI=1S/C10H8N2O5/c1-17-10(14)6-2-7(5-13)8(4-11)9(3-6)12(15)16/h2-3,13H,5H2,1H3. The zero-order chi connectivity index (χ0) is 13.0. The number of aliphatic hydroxyl groups excluding tert-OH is 1. The maximum absolute atomic E-state index is 11.2. The minimum absolute atomic E-state index is 0.0158. The molecule has 0 bridgehead atoms. The van der Waals surface area contributed by atoms with Gasteiger partial charge in [-0.25, -0.2) is 4.79 Å². The third kappa shape index (κ3) is 2.38. The molecule has 0 saturated carbocycles. The Kier molecular flexibility index (Phi) is 3.74. The van der Waals surface area contributed by atoms with Crippen LogP contribution in [-0.4, -0.2) is 23.1 Å². The molecule has 0 atom stereocenters. The molecule has 1 rings (SSSR count). The SMILES string of the molecule is COC(=O)c1cc(CO)c(C#N)c([N+](=O)[O-])c1. The van der Waals surface area contributed by atoms with Gasteiger partial charge in [0.2, 0.25) is 0 Å². The van der Waals surface area contributed by atoms with Gasteiger partial charge in [-0.15, -0.1) is 0 Å². The highest BCUT2D eigenvalue weighted by atomic mass is 16.6. The van der Waals surface area contributed by atoms with Crippen LogP contribution in [0.3, 0.4) is 0 Å². The van der Waals surface area contributed by atoms with Gasteiger partial charge in [-0.05, 0) is 6.07 Å². The van der Waals surface area contributed by atoms with Crippen LogP contribution in [0.5, 0.6) is 0 Å². The lowest BCUT2D eigenvalue weighted by Gasteiger charge is -2.05. The van der Waals surface area contributed by atoms with E-state index in [4.69, 9.17) is 10.4 Å². The van der Waals surface area contributed by atoms with Gasteiger partial charge in [-0.3, -0.25) is 10.1 Å². The molecule has 1 aromatic rings. The van der Waals surface area contributed by atoms with Crippen molar-refractivity contribution >= 4 is 11.7 Å². The van der Waals surface area contributed by atoms with Gasteiger partial charge in [0.15, 0.2) is 0 Å². The first kappa shape index (κ1) is 12.6. The number of hydrogen-bond acceptors (Lipinski definition) is 6. The molecule has 88 valence electrons. The van der Waals surface area contributed by atoms with E-state index in [2.05, 4.69) is 4.74 Å². The quantitative estimate of drug-likeness (QED) is 0.470. The van der Waals surface area contributed by atoms with E-state index in [-0.39, 0.29) is 16.7 Å². The Morgan fingerprint density at radius 3 is 2.71 bits per heavy atom. The van der Waals surface area contributed by atoms with Crippen LogP contribution in [0.25, 0.3) is 0 Å². The molecule has 0 aliphatic heterocycles. The molecule has 0 aliphatic rings. The van der Waals surface area contributed by atoms with Gasteiger partial charge in [0, 0.05) is 11.6 Å². The molecule has 0 unspecified atom stereocenters. The largest absolute Gasteiger partial charge is 0.465 e. The second kappa shape index (κ2) is 5.05. The minimum Gasteiger partial charge on any atom is -0.465 e. The highest BCUT2D eigenvalue weighted by Crippen LogP contribution is 2.24. The Labute approximate surface area is 96.0 Å². The van der Waals surface area contributed by atoms with Gasteiger partial charge in [0.1, 0.15) is 11.6 Å². The summed E-state index contributed by atoms with van der Waals surface area (Å²) in [7, 11) is 1.13. The second-order valence-corrected chi connectivity index (χ2v) is 3.05. The van der Waals surface area contributed by atoms with Crippen LogP contribution in [0.1, 0.15) is 21.5 Å². The number of benzene rings is 1. The summed E-state index contributed by atoms with van der Waals surface area (Å²) in [5.74, 6) is -0.771. The molecule has 17 heavy (non-hydrogen) atoms. The number of hydrogen-bond donors (Lipinski definition) is 1. The summed E-state index contributed by atoms with van der Waals surface area (Å²) < 4.78 is 4.42. The molecule has 7 nitrogen and oxygen atoms in total. The molecular formula is C10H8N2O5. The lowest BCUT2D eigenvalue weighted by molar-refractivity contribution is -0.385. The maximum atomic E-state index is 11.2. The molecule has 0 aliphatic carbocycles. The van der Waals surface area contributed by atoms with Crippen molar-refractivity contribution in [1.82, 2.24) is 0 Å². The van der Waals surface area contributed by atoms with Gasteiger partial charge in [-0.1, -0.05) is 0 Å². The molecule has 1 aromatic carbocycles. The number of nitriles is 1. The van der Waals surface area contributed by atoms with Gasteiger partial charge in [0.05, 0.1) is 24.2 Å². The molecule has 0 saturated heterocycles. The third-order valence-electron chi connectivity index (χ3n) is 2.10. The zero-order valence-electron chi connectivity index (χ0n) is 8.84. The average Bonchev–Trinajstić information content (AvgIpc) is 2.35. The lowest BCUT2D eigenvalue weighted by atomic mass is 10.0. The van der Waals surface area contributed by atoms with Crippen molar-refractivity contribution in [2.24, 2.45) is 0 Å². The number of aliphatic hydroxyl groups is 1. The molecular weight excluding hydrogens is 228 g/mol. The summed E-state index contributed by atoms with van der Waals surface area (Å²) in [5.41, 5.74) is -0.853. The molecule has 7 heteroatoms. The molecule has 0 spiro atoms. The van der Waals surface area contributed by atoms with E-state index >= 15 is 0 Å². The van der Waals surface area contributed by atoms with E-state index in [9.17, 15) is 14.9 Å². The Bertz CT molecular complexity index is 518. The number of nitro groups is 1. The van der Waals surface area contributed by atoms with Crippen LogP contribution >= 0.6 is 0 Å². The highest BCUT2D eigenvalue weighted by molar-refractivity contribution is 5.91. The summed E-state index contributed by atoms with van der Waals surface area (Å²) in [6.45, 7) is -0.575. The van der Waals surface area contributed by atoms with E-state index in [1.807, 2.05) is 0 Å². The fourth-order valence-corrected chi connectivity index (χ4v) is 1.32. The first-order valence-corrected chi connectivity index (χ1v) is 4.45. The van der Waals surface area contributed by atoms with Crippen LogP contribution < -0.4 is 0 Å². The van der Waals surface area contributed by atoms with Crippen molar-refractivity contribution in [3.8, 4) is 6.07 Å². The summed E-state index contributed by atoms with van der Waals surface area (Å²) in [5, 5.41) is 28.5. The van der Waals surface area contributed by atoms with Crippen molar-refractivity contribution in [1.29, 1.82) is 5.26 Å². The number of ether oxygens (including phenoxy) is 1. The van der Waals surface area contributed by atoms with E-state index in [1.54, 1.807) is 6.07 Å². The average molecular weight is 236 g/mol. The van der Waals surface area contributed by atoms with Crippen LogP contribution in [0, 0.1) is 21.4 Å². The molecule has 0 amide bonds. The van der Waals surface area contributed by atoms with Crippen molar-refractivity contribution in [3.05, 3.63) is 38.9 Å². The van der Waals surface area contributed by atoms with E-state index in [0.717, 1.165) is 13.2 Å². The smallest absolute Gasteiger partial charge is 0.338 e. The molecule has 1 N–H and O–H groups in total. The molecule has 0 fully saturated rings. The Balaban J connectivity index is 3.52. The van der Waals surface area contributed by atoms with Crippen molar-refractivity contribution in [3.63, 3.8) is 0 Å². The van der Waals surface area contributed by atoms with Gasteiger partial charge < -0.3 is 9.84 Å². The van der Waals surface area contributed by atoms with E-state index in [1.165, 1.54) is 6.07 Å². The normalized spacial score (nSPS) is 9.47. The van der Waals surface area contributed by atoms with E-state index < -0.39 is 23.2 Å². The molecule has 0 heterocycles. The summed E-state index contributed by atoms with van der Waals surface area (Å²) >= 11 is 0. The van der Waals surface area contributed by atoms with Gasteiger partial charge in [0.25, 0.3) is 5.69 Å². The van der Waals surface area contributed by atoms with Crippen LogP contribution in [0.4, 0.5) is 5.69 Å². The van der Waals surface area contributed by atoms with Gasteiger partial charge in [-0.2, -0.15) is 5.26 Å². The summed E-state index contributed by atoms with van der Waals surface area (Å²) in [6.07, 6.45) is 0. The van der Waals surface area contributed by atoms with Crippen molar-refractivity contribution in [2.75, 3.05) is 7.11 Å². The number of methoxy groups -OCH3 is 1. The van der Waals surface area contributed by atoms with Crippen LogP contribution in [0.2, 0.25) is 0 Å². The lowest BCUT2D eigenvalue weighted by Crippen LogP contribution is -2.06.